The summed E-state index contributed by atoms with van der Waals surface area (Å²) in [6, 6.07) is 0.373. The van der Waals surface area contributed by atoms with Crippen LogP contribution in [-0.2, 0) is 10.0 Å². The normalized spacial score (nSPS) is 26.8. The van der Waals surface area contributed by atoms with Gasteiger partial charge in [0.05, 0.1) is 5.75 Å². The molecule has 2 aliphatic heterocycles. The van der Waals surface area contributed by atoms with Crippen LogP contribution in [0.4, 0.5) is 0 Å². The fourth-order valence-corrected chi connectivity index (χ4v) is 4.42. The van der Waals surface area contributed by atoms with Crippen LogP contribution in [0.15, 0.2) is 0 Å². The molecule has 20 heavy (non-hydrogen) atoms. The molecule has 0 aromatic carbocycles. The minimum Gasteiger partial charge on any atom is -0.317 e. The Morgan fingerprint density at radius 2 is 1.95 bits per heavy atom. The maximum atomic E-state index is 12.1. The van der Waals surface area contributed by atoms with Crippen molar-refractivity contribution in [1.82, 2.24) is 14.9 Å². The third-order valence-corrected chi connectivity index (χ3v) is 6.09. The van der Waals surface area contributed by atoms with Gasteiger partial charge in [-0.2, -0.15) is 0 Å². The Morgan fingerprint density at radius 1 is 1.20 bits per heavy atom. The molecule has 0 aliphatic carbocycles. The fraction of sp³-hybridized carbons (Fsp3) is 1.00. The van der Waals surface area contributed by atoms with Crippen LogP contribution in [0.1, 0.15) is 38.5 Å². The number of hydrogen-bond acceptors (Lipinski definition) is 4. The van der Waals surface area contributed by atoms with Crippen molar-refractivity contribution in [1.29, 1.82) is 0 Å². The highest BCUT2D eigenvalue weighted by Gasteiger charge is 2.22. The van der Waals surface area contributed by atoms with Gasteiger partial charge < -0.3 is 10.2 Å². The lowest BCUT2D eigenvalue weighted by molar-refractivity contribution is 0.187. The predicted octanol–water partition coefficient (Wildman–Crippen LogP) is 0.780. The van der Waals surface area contributed by atoms with E-state index in [9.17, 15) is 8.42 Å². The number of rotatable bonds is 6. The summed E-state index contributed by atoms with van der Waals surface area (Å²) in [6.07, 6.45) is 6.58. The van der Waals surface area contributed by atoms with Crippen LogP contribution in [0.5, 0.6) is 0 Å². The number of sulfonamides is 1. The van der Waals surface area contributed by atoms with E-state index in [4.69, 9.17) is 0 Å². The van der Waals surface area contributed by atoms with Crippen LogP contribution in [0.3, 0.4) is 0 Å². The molecule has 2 fully saturated rings. The molecule has 0 saturated carbocycles. The number of hydrogen-bond donors (Lipinski definition) is 2. The van der Waals surface area contributed by atoms with Gasteiger partial charge in [0.15, 0.2) is 0 Å². The second-order valence-electron chi connectivity index (χ2n) is 6.28. The van der Waals surface area contributed by atoms with E-state index in [1.54, 1.807) is 0 Å². The van der Waals surface area contributed by atoms with E-state index in [1.165, 1.54) is 12.8 Å². The molecule has 2 N–H and O–H groups in total. The number of likely N-dealkylation sites (tertiary alicyclic amines) is 1. The van der Waals surface area contributed by atoms with Gasteiger partial charge in [0.2, 0.25) is 10.0 Å². The van der Waals surface area contributed by atoms with Crippen molar-refractivity contribution in [2.75, 3.05) is 39.0 Å². The molecule has 1 atom stereocenters. The molecule has 1 unspecified atom stereocenters. The maximum absolute atomic E-state index is 12.1. The molecular formula is C14H29N3O2S. The van der Waals surface area contributed by atoms with E-state index in [0.29, 0.717) is 18.5 Å². The van der Waals surface area contributed by atoms with Crippen LogP contribution in [0.25, 0.3) is 0 Å². The number of likely N-dealkylation sites (N-methyl/N-ethyl adjacent to an activating group) is 1. The molecule has 0 bridgehead atoms. The summed E-state index contributed by atoms with van der Waals surface area (Å²) in [5.41, 5.74) is 0. The predicted molar refractivity (Wildman–Crippen MR) is 82.3 cm³/mol. The average molecular weight is 303 g/mol. The van der Waals surface area contributed by atoms with Crippen molar-refractivity contribution >= 4 is 10.0 Å². The molecule has 2 saturated heterocycles. The summed E-state index contributed by atoms with van der Waals surface area (Å²) in [7, 11) is -1.01. The monoisotopic (exact) mass is 303 g/mol. The van der Waals surface area contributed by atoms with Crippen molar-refractivity contribution in [3.8, 4) is 0 Å². The van der Waals surface area contributed by atoms with E-state index >= 15 is 0 Å². The summed E-state index contributed by atoms with van der Waals surface area (Å²) in [6.45, 7) is 3.72. The number of nitrogens with zero attached hydrogens (tertiary/aromatic N) is 1. The van der Waals surface area contributed by atoms with Gasteiger partial charge in [-0.05, 0) is 64.7 Å². The second-order valence-corrected chi connectivity index (χ2v) is 8.21. The zero-order valence-electron chi connectivity index (χ0n) is 12.6. The summed E-state index contributed by atoms with van der Waals surface area (Å²) in [5, 5.41) is 3.31. The lowest BCUT2D eigenvalue weighted by atomic mass is 9.96. The molecule has 6 heteroatoms. The van der Waals surface area contributed by atoms with Crippen LogP contribution in [0, 0.1) is 5.92 Å². The Morgan fingerprint density at radius 3 is 2.65 bits per heavy atom. The topological polar surface area (TPSA) is 61.4 Å². The molecule has 0 amide bonds. The van der Waals surface area contributed by atoms with E-state index in [1.807, 2.05) is 0 Å². The van der Waals surface area contributed by atoms with E-state index in [2.05, 4.69) is 22.0 Å². The Kier molecular flexibility index (Phi) is 6.26. The molecule has 2 aliphatic rings. The summed E-state index contributed by atoms with van der Waals surface area (Å²) in [5.74, 6) is 0.860. The summed E-state index contributed by atoms with van der Waals surface area (Å²) in [4.78, 5) is 2.28. The lowest BCUT2D eigenvalue weighted by Crippen LogP contribution is -2.45. The Hall–Kier alpha value is -0.170. The molecule has 0 aromatic rings. The molecule has 118 valence electrons. The van der Waals surface area contributed by atoms with Gasteiger partial charge in [-0.3, -0.25) is 0 Å². The van der Waals surface area contributed by atoms with E-state index < -0.39 is 10.0 Å². The highest BCUT2D eigenvalue weighted by molar-refractivity contribution is 7.89. The highest BCUT2D eigenvalue weighted by Crippen LogP contribution is 2.17. The van der Waals surface area contributed by atoms with Crippen LogP contribution >= 0.6 is 0 Å². The third-order valence-electron chi connectivity index (χ3n) is 4.71. The first-order valence-corrected chi connectivity index (χ1v) is 9.60. The summed E-state index contributed by atoms with van der Waals surface area (Å²) < 4.78 is 27.0. The van der Waals surface area contributed by atoms with Gasteiger partial charge in [-0.25, -0.2) is 13.1 Å². The van der Waals surface area contributed by atoms with Crippen LogP contribution in [0.2, 0.25) is 0 Å². The molecular weight excluding hydrogens is 274 g/mol. The van der Waals surface area contributed by atoms with Gasteiger partial charge in [-0.1, -0.05) is 6.42 Å². The van der Waals surface area contributed by atoms with Crippen molar-refractivity contribution in [3.05, 3.63) is 0 Å². The third kappa shape index (κ3) is 5.31. The van der Waals surface area contributed by atoms with E-state index in [-0.39, 0.29) is 5.75 Å². The van der Waals surface area contributed by atoms with E-state index in [0.717, 1.165) is 45.3 Å². The zero-order valence-corrected chi connectivity index (χ0v) is 13.4. The Bertz CT molecular complexity index is 380. The van der Waals surface area contributed by atoms with Crippen LogP contribution < -0.4 is 10.0 Å². The largest absolute Gasteiger partial charge is 0.317 e. The smallest absolute Gasteiger partial charge is 0.211 e. The van der Waals surface area contributed by atoms with Crippen LogP contribution in [-0.4, -0.2) is 58.3 Å². The van der Waals surface area contributed by atoms with Gasteiger partial charge in [-0.15, -0.1) is 0 Å². The standard InChI is InChI=1S/C14H29N3O2S/c1-17-10-3-2-4-14(17)12-16-20(18,19)11-7-13-5-8-15-9-6-13/h13-16H,2-12H2,1H3. The molecule has 5 nitrogen and oxygen atoms in total. The molecule has 0 radical (unpaired) electrons. The first kappa shape index (κ1) is 16.2. The average Bonchev–Trinajstić information content (AvgIpc) is 2.46. The van der Waals surface area contributed by atoms with Crippen molar-refractivity contribution < 1.29 is 8.42 Å². The van der Waals surface area contributed by atoms with Crippen molar-refractivity contribution in [3.63, 3.8) is 0 Å². The zero-order chi connectivity index (χ0) is 14.4. The first-order chi connectivity index (χ1) is 9.57. The van der Waals surface area contributed by atoms with Gasteiger partial charge in [0.25, 0.3) is 0 Å². The quantitative estimate of drug-likeness (QED) is 0.761. The van der Waals surface area contributed by atoms with Gasteiger partial charge in [0.1, 0.15) is 0 Å². The lowest BCUT2D eigenvalue weighted by Gasteiger charge is -2.32. The molecule has 0 aromatic heterocycles. The molecule has 0 spiro atoms. The first-order valence-electron chi connectivity index (χ1n) is 7.95. The SMILES string of the molecule is CN1CCCCC1CNS(=O)(=O)CCC1CCNCC1. The second kappa shape index (κ2) is 7.73. The fourth-order valence-electron chi connectivity index (χ4n) is 3.19. The maximum Gasteiger partial charge on any atom is 0.211 e. The highest BCUT2D eigenvalue weighted by atomic mass is 32.2. The number of piperidine rings is 2. The Balaban J connectivity index is 1.70. The Labute approximate surface area is 123 Å². The molecule has 2 heterocycles. The van der Waals surface area contributed by atoms with Gasteiger partial charge >= 0.3 is 0 Å². The number of nitrogens with one attached hydrogen (secondary N) is 2. The minimum atomic E-state index is -3.10. The summed E-state index contributed by atoms with van der Waals surface area (Å²) >= 11 is 0. The van der Waals surface area contributed by atoms with Crippen molar-refractivity contribution in [2.24, 2.45) is 5.92 Å². The van der Waals surface area contributed by atoms with Crippen molar-refractivity contribution in [2.45, 2.75) is 44.6 Å². The minimum absolute atomic E-state index is 0.286. The van der Waals surface area contributed by atoms with Gasteiger partial charge in [0, 0.05) is 12.6 Å². The molecule has 2 rings (SSSR count).